The summed E-state index contributed by atoms with van der Waals surface area (Å²) in [6, 6.07) is 12.5. The summed E-state index contributed by atoms with van der Waals surface area (Å²) in [6.45, 7) is 2.76. The number of aromatic nitrogens is 2. The summed E-state index contributed by atoms with van der Waals surface area (Å²) in [5, 5.41) is 6.85. The van der Waals surface area contributed by atoms with Crippen molar-refractivity contribution in [2.75, 3.05) is 18.5 Å². The Balaban J connectivity index is 1.84. The first-order valence-electron chi connectivity index (χ1n) is 8.65. The fourth-order valence-corrected chi connectivity index (χ4v) is 2.92. The maximum atomic E-state index is 14.0. The number of hydrogen-bond donors (Lipinski definition) is 1. The first-order valence-corrected chi connectivity index (χ1v) is 9.02. The highest BCUT2D eigenvalue weighted by molar-refractivity contribution is 6.32. The number of rotatable bonds is 7. The van der Waals surface area contributed by atoms with E-state index in [4.69, 9.17) is 16.3 Å². The predicted molar refractivity (Wildman–Crippen MR) is 104 cm³/mol. The summed E-state index contributed by atoms with van der Waals surface area (Å²) >= 11 is 6.17. The van der Waals surface area contributed by atoms with Crippen LogP contribution in [0.2, 0.25) is 5.02 Å². The Bertz CT molecular complexity index is 1010. The number of nitrogens with one attached hydrogen (secondary N) is 1. The summed E-state index contributed by atoms with van der Waals surface area (Å²) in [4.78, 5) is 12.5. The molecule has 0 aliphatic rings. The molecule has 2 aromatic carbocycles. The fourth-order valence-electron chi connectivity index (χ4n) is 2.73. The van der Waals surface area contributed by atoms with Crippen LogP contribution in [0, 0.1) is 11.6 Å². The van der Waals surface area contributed by atoms with Crippen LogP contribution in [-0.2, 0) is 4.74 Å². The molecule has 1 N–H and O–H groups in total. The summed E-state index contributed by atoms with van der Waals surface area (Å²) in [6.07, 6.45) is 1.07. The molecule has 28 heavy (non-hydrogen) atoms. The van der Waals surface area contributed by atoms with E-state index in [-0.39, 0.29) is 16.8 Å². The Morgan fingerprint density at radius 3 is 2.64 bits per heavy atom. The Kier molecular flexibility index (Phi) is 6.38. The molecule has 0 spiro atoms. The maximum absolute atomic E-state index is 14.0. The molecule has 5 nitrogen and oxygen atoms in total. The number of anilines is 1. The molecule has 1 atom stereocenters. The molecule has 0 aliphatic carbocycles. The van der Waals surface area contributed by atoms with Gasteiger partial charge in [0.1, 0.15) is 16.5 Å². The zero-order valence-corrected chi connectivity index (χ0v) is 15.8. The summed E-state index contributed by atoms with van der Waals surface area (Å²) in [5.41, 5.74) is 0.370. The van der Waals surface area contributed by atoms with E-state index in [1.165, 1.54) is 6.20 Å². The quantitative estimate of drug-likeness (QED) is 0.634. The molecular formula is C20H18ClF2N3O2. The number of nitrogens with zero attached hydrogens (tertiary/aromatic N) is 2. The number of hydrogen-bond acceptors (Lipinski definition) is 4. The third-order valence-corrected chi connectivity index (χ3v) is 4.44. The Morgan fingerprint density at radius 2 is 1.96 bits per heavy atom. The highest BCUT2D eigenvalue weighted by atomic mass is 35.5. The summed E-state index contributed by atoms with van der Waals surface area (Å²) < 4.78 is 33.6. The van der Waals surface area contributed by atoms with E-state index in [9.17, 15) is 13.6 Å². The molecular weight excluding hydrogens is 388 g/mol. The molecule has 8 heteroatoms. The van der Waals surface area contributed by atoms with Crippen LogP contribution in [0.4, 0.5) is 14.5 Å². The van der Waals surface area contributed by atoms with Gasteiger partial charge in [0.2, 0.25) is 0 Å². The topological polar surface area (TPSA) is 56.1 Å². The second-order valence-corrected chi connectivity index (χ2v) is 6.30. The van der Waals surface area contributed by atoms with Gasteiger partial charge in [-0.2, -0.15) is 9.78 Å². The van der Waals surface area contributed by atoms with Crippen LogP contribution < -0.4 is 10.9 Å². The van der Waals surface area contributed by atoms with Crippen LogP contribution in [0.3, 0.4) is 0 Å². The van der Waals surface area contributed by atoms with Crippen LogP contribution >= 0.6 is 11.6 Å². The molecule has 0 saturated heterocycles. The van der Waals surface area contributed by atoms with Crippen molar-refractivity contribution in [3.05, 3.63) is 87.3 Å². The van der Waals surface area contributed by atoms with Crippen molar-refractivity contribution in [1.29, 1.82) is 0 Å². The van der Waals surface area contributed by atoms with Crippen molar-refractivity contribution in [2.45, 2.75) is 13.0 Å². The van der Waals surface area contributed by atoms with E-state index >= 15 is 0 Å². The highest BCUT2D eigenvalue weighted by Crippen LogP contribution is 2.22. The van der Waals surface area contributed by atoms with Gasteiger partial charge in [0, 0.05) is 19.2 Å². The van der Waals surface area contributed by atoms with Crippen LogP contribution in [0.25, 0.3) is 5.69 Å². The molecule has 1 heterocycles. The first-order chi connectivity index (χ1) is 13.5. The molecule has 0 radical (unpaired) electrons. The lowest BCUT2D eigenvalue weighted by molar-refractivity contribution is 0.0719. The van der Waals surface area contributed by atoms with Gasteiger partial charge in [-0.3, -0.25) is 4.79 Å². The molecule has 0 fully saturated rings. The Morgan fingerprint density at radius 1 is 1.21 bits per heavy atom. The minimum absolute atomic E-state index is 0.151. The second-order valence-electron chi connectivity index (χ2n) is 5.92. The van der Waals surface area contributed by atoms with Gasteiger partial charge in [-0.1, -0.05) is 41.9 Å². The lowest BCUT2D eigenvalue weighted by Gasteiger charge is -2.19. The van der Waals surface area contributed by atoms with Crippen molar-refractivity contribution in [3.8, 4) is 5.69 Å². The van der Waals surface area contributed by atoms with Gasteiger partial charge < -0.3 is 10.1 Å². The lowest BCUT2D eigenvalue weighted by Crippen LogP contribution is -2.24. The minimum Gasteiger partial charge on any atom is -0.379 e. The van der Waals surface area contributed by atoms with E-state index in [0.29, 0.717) is 24.9 Å². The maximum Gasteiger partial charge on any atom is 0.292 e. The smallest absolute Gasteiger partial charge is 0.292 e. The molecule has 0 aliphatic heterocycles. The van der Waals surface area contributed by atoms with Crippen LogP contribution in [0.15, 0.2) is 59.5 Å². The third kappa shape index (κ3) is 4.37. The van der Waals surface area contributed by atoms with Gasteiger partial charge in [-0.25, -0.2) is 8.78 Å². The van der Waals surface area contributed by atoms with Gasteiger partial charge in [0.25, 0.3) is 5.56 Å². The molecule has 0 amide bonds. The van der Waals surface area contributed by atoms with E-state index in [0.717, 1.165) is 22.4 Å². The first kappa shape index (κ1) is 20.0. The fraction of sp³-hybridized carbons (Fsp3) is 0.200. The number of ether oxygens (including phenoxy) is 1. The Labute approximate surface area is 165 Å². The second kappa shape index (κ2) is 8.95. The van der Waals surface area contributed by atoms with E-state index < -0.39 is 17.2 Å². The Hall–Kier alpha value is -2.77. The van der Waals surface area contributed by atoms with E-state index in [2.05, 4.69) is 10.4 Å². The van der Waals surface area contributed by atoms with E-state index in [1.807, 2.05) is 37.3 Å². The molecule has 1 unspecified atom stereocenters. The summed E-state index contributed by atoms with van der Waals surface area (Å²) in [5.74, 6) is -1.66. The molecule has 0 saturated carbocycles. The molecule has 3 rings (SSSR count). The largest absolute Gasteiger partial charge is 0.379 e. The van der Waals surface area contributed by atoms with Crippen molar-refractivity contribution in [3.63, 3.8) is 0 Å². The van der Waals surface area contributed by atoms with Crippen molar-refractivity contribution in [1.82, 2.24) is 9.78 Å². The predicted octanol–water partition coefficient (Wildman–Crippen LogP) is 4.35. The van der Waals surface area contributed by atoms with Crippen molar-refractivity contribution in [2.24, 2.45) is 0 Å². The number of halogens is 3. The average molecular weight is 406 g/mol. The van der Waals surface area contributed by atoms with Crippen molar-refractivity contribution >= 4 is 17.3 Å². The molecule has 0 bridgehead atoms. The average Bonchev–Trinajstić information content (AvgIpc) is 2.69. The van der Waals surface area contributed by atoms with E-state index in [1.54, 1.807) is 0 Å². The number of benzene rings is 2. The molecule has 3 aromatic rings. The van der Waals surface area contributed by atoms with Gasteiger partial charge in [-0.05, 0) is 24.6 Å². The summed E-state index contributed by atoms with van der Waals surface area (Å²) in [7, 11) is 0. The van der Waals surface area contributed by atoms with Crippen LogP contribution in [0.1, 0.15) is 18.6 Å². The zero-order valence-electron chi connectivity index (χ0n) is 15.0. The van der Waals surface area contributed by atoms with Crippen molar-refractivity contribution < 1.29 is 13.5 Å². The van der Waals surface area contributed by atoms with Gasteiger partial charge in [-0.15, -0.1) is 0 Å². The van der Waals surface area contributed by atoms with Crippen LogP contribution in [-0.4, -0.2) is 22.9 Å². The molecule has 146 valence electrons. The third-order valence-electron chi connectivity index (χ3n) is 4.07. The van der Waals surface area contributed by atoms with Gasteiger partial charge in [0.15, 0.2) is 5.82 Å². The normalized spacial score (nSPS) is 12.0. The van der Waals surface area contributed by atoms with Gasteiger partial charge >= 0.3 is 0 Å². The standard InChI is InChI=1S/C20H18ClF2N3O2/c1-2-28-18(13-6-4-3-5-7-13)12-24-16-11-25-26(20(27)19(16)21)17-9-8-14(22)10-15(17)23/h3-11,18,24H,2,12H2,1H3. The van der Waals surface area contributed by atoms with Gasteiger partial charge in [0.05, 0.1) is 18.0 Å². The molecule has 1 aromatic heterocycles. The minimum atomic E-state index is -0.910. The van der Waals surface area contributed by atoms with Crippen LogP contribution in [0.5, 0.6) is 0 Å². The monoisotopic (exact) mass is 405 g/mol. The highest BCUT2D eigenvalue weighted by Gasteiger charge is 2.16. The zero-order chi connectivity index (χ0) is 20.1. The lowest BCUT2D eigenvalue weighted by atomic mass is 10.1. The SMILES string of the molecule is CCOC(CNc1cnn(-c2ccc(F)cc2F)c(=O)c1Cl)c1ccccc1.